The smallest absolute Gasteiger partial charge is 0.238 e. The van der Waals surface area contributed by atoms with Crippen LogP contribution in [0.2, 0.25) is 0 Å². The fourth-order valence-corrected chi connectivity index (χ4v) is 2.75. The molecule has 78 valence electrons. The van der Waals surface area contributed by atoms with Crippen LogP contribution in [0.4, 0.5) is 0 Å². The molecule has 0 atom stereocenters. The van der Waals surface area contributed by atoms with E-state index in [9.17, 15) is 0 Å². The molecule has 3 rings (SSSR count). The molecule has 17 heavy (non-hydrogen) atoms. The first-order valence-corrected chi connectivity index (χ1v) is 5.98. The Hall–Kier alpha value is -1.07. The van der Waals surface area contributed by atoms with Crippen molar-refractivity contribution in [3.05, 3.63) is 54.1 Å². The van der Waals surface area contributed by atoms with Gasteiger partial charge in [-0.1, -0.05) is 11.6 Å². The van der Waals surface area contributed by atoms with Gasteiger partial charge in [0, 0.05) is 0 Å². The van der Waals surface area contributed by atoms with E-state index in [2.05, 4.69) is 36.2 Å². The summed E-state index contributed by atoms with van der Waals surface area (Å²) in [5, 5.41) is 1.08. The molecule has 0 aliphatic rings. The molecule has 0 bridgehead atoms. The predicted octanol–water partition coefficient (Wildman–Crippen LogP) is 1.08. The topological polar surface area (TPSA) is 12.9 Å². The molecule has 0 aliphatic heterocycles. The Morgan fingerprint density at radius 2 is 1.88 bits per heavy atom. The van der Waals surface area contributed by atoms with Gasteiger partial charge < -0.3 is 0 Å². The third-order valence-electron chi connectivity index (χ3n) is 2.51. The van der Waals surface area contributed by atoms with E-state index >= 15 is 0 Å². The largest absolute Gasteiger partial charge is 1.00 e. The number of thiazole rings is 1. The molecule has 0 radical (unpaired) electrons. The molecular formula is C14H10LiNS. The summed E-state index contributed by atoms with van der Waals surface area (Å²) in [4.78, 5) is 4.63. The van der Waals surface area contributed by atoms with Gasteiger partial charge in [-0.25, -0.2) is 4.98 Å². The second kappa shape index (κ2) is 5.06. The van der Waals surface area contributed by atoms with E-state index in [1.54, 1.807) is 11.3 Å². The molecule has 1 nitrogen and oxygen atoms in total. The van der Waals surface area contributed by atoms with Gasteiger partial charge in [0.25, 0.3) is 0 Å². The van der Waals surface area contributed by atoms with Gasteiger partial charge in [0.15, 0.2) is 0 Å². The number of fused-ring (bicyclic) bond motifs is 1. The molecule has 2 aromatic carbocycles. The van der Waals surface area contributed by atoms with Crippen LogP contribution < -0.4 is 18.9 Å². The van der Waals surface area contributed by atoms with Gasteiger partial charge in [-0.05, 0) is 24.6 Å². The summed E-state index contributed by atoms with van der Waals surface area (Å²) in [5.74, 6) is 0. The van der Waals surface area contributed by atoms with Crippen LogP contribution in [0, 0.1) is 13.0 Å². The molecule has 0 spiro atoms. The van der Waals surface area contributed by atoms with E-state index in [1.165, 1.54) is 10.3 Å². The first kappa shape index (κ1) is 12.4. The van der Waals surface area contributed by atoms with E-state index in [4.69, 9.17) is 0 Å². The van der Waals surface area contributed by atoms with Crippen molar-refractivity contribution in [3.63, 3.8) is 0 Å². The van der Waals surface area contributed by atoms with Crippen molar-refractivity contribution < 1.29 is 18.9 Å². The Labute approximate surface area is 117 Å². The maximum absolute atomic E-state index is 4.63. The molecule has 0 amide bonds. The van der Waals surface area contributed by atoms with Crippen LogP contribution in [-0.4, -0.2) is 4.98 Å². The van der Waals surface area contributed by atoms with Crippen LogP contribution in [0.25, 0.3) is 20.8 Å². The van der Waals surface area contributed by atoms with E-state index in [1.807, 2.05) is 24.3 Å². The Morgan fingerprint density at radius 1 is 1.12 bits per heavy atom. The zero-order valence-corrected chi connectivity index (χ0v) is 10.7. The average molecular weight is 231 g/mol. The molecule has 0 saturated carbocycles. The van der Waals surface area contributed by atoms with Gasteiger partial charge in [0.05, 0.1) is 15.2 Å². The number of benzene rings is 2. The van der Waals surface area contributed by atoms with Crippen molar-refractivity contribution in [1.29, 1.82) is 0 Å². The van der Waals surface area contributed by atoms with Crippen LogP contribution >= 0.6 is 11.3 Å². The summed E-state index contributed by atoms with van der Waals surface area (Å²) in [5.41, 5.74) is 3.53. The Bertz CT molecular complexity index is 631. The summed E-state index contributed by atoms with van der Waals surface area (Å²) in [6.45, 7) is 2.11. The maximum Gasteiger partial charge on any atom is 1.00 e. The number of aryl methyl sites for hydroxylation is 1. The Morgan fingerprint density at radius 3 is 2.65 bits per heavy atom. The number of rotatable bonds is 1. The molecule has 0 unspecified atom stereocenters. The summed E-state index contributed by atoms with van der Waals surface area (Å²) in [6.07, 6.45) is 0. The van der Waals surface area contributed by atoms with Crippen molar-refractivity contribution in [1.82, 2.24) is 4.98 Å². The number of hydrogen-bond donors (Lipinski definition) is 0. The molecule has 3 heteroatoms. The fourth-order valence-electron chi connectivity index (χ4n) is 1.68. The predicted molar refractivity (Wildman–Crippen MR) is 68.6 cm³/mol. The van der Waals surface area contributed by atoms with Gasteiger partial charge in [-0.3, -0.25) is 0 Å². The molecule has 0 fully saturated rings. The maximum atomic E-state index is 4.63. The Kier molecular flexibility index (Phi) is 3.68. The van der Waals surface area contributed by atoms with Crippen LogP contribution in [-0.2, 0) is 0 Å². The van der Waals surface area contributed by atoms with E-state index < -0.39 is 0 Å². The van der Waals surface area contributed by atoms with Crippen molar-refractivity contribution in [2.45, 2.75) is 6.92 Å². The standard InChI is InChI=1S/C14H10NS.Li/c1-10-7-8-12-13(9-10)16-14(15-12)11-5-3-2-4-6-11;/h3-9H,1H3;/q-1;+1. The van der Waals surface area contributed by atoms with Gasteiger partial charge in [0.1, 0.15) is 0 Å². The zero-order chi connectivity index (χ0) is 11.0. The normalized spacial score (nSPS) is 10.2. The summed E-state index contributed by atoms with van der Waals surface area (Å²) in [6, 6.07) is 17.3. The molecule has 0 aliphatic carbocycles. The quantitative estimate of drug-likeness (QED) is 0.451. The first-order valence-electron chi connectivity index (χ1n) is 5.16. The third-order valence-corrected chi connectivity index (χ3v) is 3.58. The zero-order valence-electron chi connectivity index (χ0n) is 9.90. The van der Waals surface area contributed by atoms with E-state index in [0.717, 1.165) is 16.1 Å². The third kappa shape index (κ3) is 2.45. The van der Waals surface area contributed by atoms with Crippen LogP contribution in [0.3, 0.4) is 0 Å². The second-order valence-corrected chi connectivity index (χ2v) is 4.81. The van der Waals surface area contributed by atoms with Gasteiger partial charge in [-0.2, -0.15) is 30.3 Å². The molecule has 3 aromatic rings. The van der Waals surface area contributed by atoms with E-state index in [-0.39, 0.29) is 18.9 Å². The van der Waals surface area contributed by atoms with E-state index in [0.29, 0.717) is 0 Å². The van der Waals surface area contributed by atoms with Gasteiger partial charge >= 0.3 is 18.9 Å². The number of aromatic nitrogens is 1. The van der Waals surface area contributed by atoms with Crippen LogP contribution in [0.15, 0.2) is 42.5 Å². The minimum atomic E-state index is 0. The summed E-state index contributed by atoms with van der Waals surface area (Å²) in [7, 11) is 0. The van der Waals surface area contributed by atoms with Crippen LogP contribution in [0.1, 0.15) is 5.56 Å². The molecule has 1 aromatic heterocycles. The van der Waals surface area contributed by atoms with Crippen LogP contribution in [0.5, 0.6) is 0 Å². The molecule has 0 N–H and O–H groups in total. The van der Waals surface area contributed by atoms with Crippen molar-refractivity contribution in [2.24, 2.45) is 0 Å². The fraction of sp³-hybridized carbons (Fsp3) is 0.0714. The molecule has 1 heterocycles. The van der Waals surface area contributed by atoms with Gasteiger partial charge in [0.2, 0.25) is 0 Å². The molecule has 0 saturated heterocycles. The second-order valence-electron chi connectivity index (χ2n) is 3.78. The van der Waals surface area contributed by atoms with Crippen molar-refractivity contribution >= 4 is 21.6 Å². The first-order chi connectivity index (χ1) is 7.83. The van der Waals surface area contributed by atoms with Gasteiger partial charge in [-0.15, -0.1) is 11.3 Å². The minimum Gasteiger partial charge on any atom is -0.238 e. The monoisotopic (exact) mass is 231 g/mol. The minimum absolute atomic E-state index is 0. The Balaban J connectivity index is 0.00000108. The SMILES string of the molecule is Cc1ccc2nc(-c3cc[c-]cc3)sc2c1.[Li+]. The van der Waals surface area contributed by atoms with Crippen molar-refractivity contribution in [2.75, 3.05) is 0 Å². The number of hydrogen-bond acceptors (Lipinski definition) is 2. The summed E-state index contributed by atoms with van der Waals surface area (Å²) >= 11 is 1.74. The summed E-state index contributed by atoms with van der Waals surface area (Å²) < 4.78 is 1.25. The average Bonchev–Trinajstić information content (AvgIpc) is 2.73. The molecular weight excluding hydrogens is 221 g/mol. The van der Waals surface area contributed by atoms with Crippen molar-refractivity contribution in [3.8, 4) is 10.6 Å². The number of nitrogens with zero attached hydrogens (tertiary/aromatic N) is 1.